The van der Waals surface area contributed by atoms with Crippen LogP contribution in [0.3, 0.4) is 0 Å². The molecular weight excluding hydrogens is 174 g/mol. The van der Waals surface area contributed by atoms with Crippen molar-refractivity contribution in [3.05, 3.63) is 17.2 Å². The number of aromatic amines is 1. The molecule has 78 valence electrons. The minimum atomic E-state index is 0.220. The summed E-state index contributed by atoms with van der Waals surface area (Å²) in [5.41, 5.74) is 2.67. The number of rotatable bonds is 2. The number of hydrogen-bond donors (Lipinski definition) is 2. The van der Waals surface area contributed by atoms with Crippen molar-refractivity contribution in [2.45, 2.75) is 39.0 Å². The highest BCUT2D eigenvalue weighted by atomic mass is 15.0. The summed E-state index contributed by atoms with van der Waals surface area (Å²) in [5, 5.41) is 3.40. The highest BCUT2D eigenvalue weighted by Crippen LogP contribution is 2.28. The Morgan fingerprint density at radius 2 is 2.29 bits per heavy atom. The van der Waals surface area contributed by atoms with Crippen molar-refractivity contribution in [2.24, 2.45) is 0 Å². The van der Waals surface area contributed by atoms with Crippen LogP contribution in [0.25, 0.3) is 0 Å². The Morgan fingerprint density at radius 1 is 1.50 bits per heavy atom. The van der Waals surface area contributed by atoms with Crippen molar-refractivity contribution >= 4 is 0 Å². The summed E-state index contributed by atoms with van der Waals surface area (Å²) >= 11 is 0. The second-order valence-corrected chi connectivity index (χ2v) is 4.50. The van der Waals surface area contributed by atoms with E-state index < -0.39 is 0 Å². The van der Waals surface area contributed by atoms with Gasteiger partial charge in [0.15, 0.2) is 0 Å². The van der Waals surface area contributed by atoms with E-state index in [1.807, 2.05) is 0 Å². The van der Waals surface area contributed by atoms with E-state index in [4.69, 9.17) is 0 Å². The Labute approximate surface area is 85.3 Å². The number of H-pyrrole nitrogens is 1. The molecule has 0 bridgehead atoms. The van der Waals surface area contributed by atoms with E-state index in [9.17, 15) is 0 Å². The highest BCUT2D eigenvalue weighted by Gasteiger charge is 2.33. The lowest BCUT2D eigenvalue weighted by atomic mass is 9.89. The molecule has 3 heteroatoms. The van der Waals surface area contributed by atoms with Gasteiger partial charge in [0.2, 0.25) is 0 Å². The Hall–Kier alpha value is -0.830. The zero-order chi connectivity index (χ0) is 10.2. The van der Waals surface area contributed by atoms with Crippen LogP contribution < -0.4 is 5.32 Å². The predicted octanol–water partition coefficient (Wildman–Crippen LogP) is 1.53. The smallest absolute Gasteiger partial charge is 0.113 e. The molecule has 1 aromatic rings. The standard InChI is InChI=1S/C11H19N3/c1-4-9-8(2)13-10(14-9)11(3)5-6-12-7-11/h12H,4-7H2,1-3H3,(H,13,14). The maximum Gasteiger partial charge on any atom is 0.113 e. The van der Waals surface area contributed by atoms with Gasteiger partial charge in [-0.25, -0.2) is 4.98 Å². The molecule has 0 aromatic carbocycles. The highest BCUT2D eigenvalue weighted by molar-refractivity contribution is 5.20. The van der Waals surface area contributed by atoms with Gasteiger partial charge in [0.25, 0.3) is 0 Å². The summed E-state index contributed by atoms with van der Waals surface area (Å²) in [6, 6.07) is 0. The van der Waals surface area contributed by atoms with E-state index in [1.165, 1.54) is 17.8 Å². The summed E-state index contributed by atoms with van der Waals surface area (Å²) in [6.07, 6.45) is 2.20. The molecule has 1 atom stereocenters. The van der Waals surface area contributed by atoms with Crippen LogP contribution in [-0.4, -0.2) is 23.1 Å². The third-order valence-corrected chi connectivity index (χ3v) is 3.26. The molecule has 2 heterocycles. The fraction of sp³-hybridized carbons (Fsp3) is 0.727. The SMILES string of the molecule is CCc1nc(C2(C)CCNC2)[nH]c1C. The molecule has 1 aliphatic rings. The van der Waals surface area contributed by atoms with Crippen molar-refractivity contribution in [3.63, 3.8) is 0 Å². The van der Waals surface area contributed by atoms with E-state index in [0.717, 1.165) is 25.3 Å². The number of hydrogen-bond acceptors (Lipinski definition) is 2. The van der Waals surface area contributed by atoms with Crippen LogP contribution in [-0.2, 0) is 11.8 Å². The summed E-state index contributed by atoms with van der Waals surface area (Å²) < 4.78 is 0. The molecule has 1 saturated heterocycles. The average Bonchev–Trinajstić information content (AvgIpc) is 2.73. The molecule has 1 aromatic heterocycles. The number of nitrogens with one attached hydrogen (secondary N) is 2. The maximum absolute atomic E-state index is 4.69. The summed E-state index contributed by atoms with van der Waals surface area (Å²) in [7, 11) is 0. The number of aromatic nitrogens is 2. The van der Waals surface area contributed by atoms with Gasteiger partial charge in [-0.2, -0.15) is 0 Å². The zero-order valence-corrected chi connectivity index (χ0v) is 9.28. The Bertz CT molecular complexity index is 321. The molecule has 2 rings (SSSR count). The molecule has 0 spiro atoms. The minimum absolute atomic E-state index is 0.220. The number of aryl methyl sites for hydroxylation is 2. The average molecular weight is 193 g/mol. The molecule has 0 aliphatic carbocycles. The Morgan fingerprint density at radius 3 is 2.79 bits per heavy atom. The van der Waals surface area contributed by atoms with Crippen LogP contribution in [0.2, 0.25) is 0 Å². The molecule has 0 radical (unpaired) electrons. The Kier molecular flexibility index (Phi) is 2.35. The molecule has 1 fully saturated rings. The quantitative estimate of drug-likeness (QED) is 0.748. The van der Waals surface area contributed by atoms with Crippen LogP contribution in [0.5, 0.6) is 0 Å². The zero-order valence-electron chi connectivity index (χ0n) is 9.28. The summed E-state index contributed by atoms with van der Waals surface area (Å²) in [5.74, 6) is 1.16. The third kappa shape index (κ3) is 1.46. The fourth-order valence-electron chi connectivity index (χ4n) is 2.15. The van der Waals surface area contributed by atoms with Gasteiger partial charge >= 0.3 is 0 Å². The first kappa shape index (κ1) is 9.71. The van der Waals surface area contributed by atoms with Gasteiger partial charge in [-0.05, 0) is 26.3 Å². The van der Waals surface area contributed by atoms with Gasteiger partial charge in [-0.15, -0.1) is 0 Å². The second-order valence-electron chi connectivity index (χ2n) is 4.50. The molecule has 1 unspecified atom stereocenters. The van der Waals surface area contributed by atoms with Gasteiger partial charge < -0.3 is 10.3 Å². The van der Waals surface area contributed by atoms with E-state index in [1.54, 1.807) is 0 Å². The summed E-state index contributed by atoms with van der Waals surface area (Å²) in [4.78, 5) is 8.11. The first-order valence-electron chi connectivity index (χ1n) is 5.42. The second kappa shape index (κ2) is 3.39. The van der Waals surface area contributed by atoms with Gasteiger partial charge in [0.1, 0.15) is 5.82 Å². The van der Waals surface area contributed by atoms with Crippen LogP contribution >= 0.6 is 0 Å². The normalized spacial score (nSPS) is 27.1. The first-order chi connectivity index (χ1) is 6.65. The molecule has 2 N–H and O–H groups in total. The van der Waals surface area contributed by atoms with E-state index in [2.05, 4.69) is 36.1 Å². The van der Waals surface area contributed by atoms with Gasteiger partial charge in [0, 0.05) is 17.7 Å². The predicted molar refractivity (Wildman–Crippen MR) is 57.5 cm³/mol. The molecule has 1 aliphatic heterocycles. The van der Waals surface area contributed by atoms with E-state index >= 15 is 0 Å². The van der Waals surface area contributed by atoms with Crippen molar-refractivity contribution in [1.82, 2.24) is 15.3 Å². The minimum Gasteiger partial charge on any atom is -0.345 e. The topological polar surface area (TPSA) is 40.7 Å². The van der Waals surface area contributed by atoms with Crippen molar-refractivity contribution in [2.75, 3.05) is 13.1 Å². The number of imidazole rings is 1. The van der Waals surface area contributed by atoms with E-state index in [0.29, 0.717) is 0 Å². The lowest BCUT2D eigenvalue weighted by molar-refractivity contribution is 0.493. The monoisotopic (exact) mass is 193 g/mol. The molecular formula is C11H19N3. The molecule has 0 amide bonds. The van der Waals surface area contributed by atoms with Crippen LogP contribution in [0.4, 0.5) is 0 Å². The van der Waals surface area contributed by atoms with Gasteiger partial charge in [0.05, 0.1) is 5.69 Å². The first-order valence-corrected chi connectivity index (χ1v) is 5.42. The van der Waals surface area contributed by atoms with Crippen LogP contribution in [0, 0.1) is 6.92 Å². The third-order valence-electron chi connectivity index (χ3n) is 3.26. The summed E-state index contributed by atoms with van der Waals surface area (Å²) in [6.45, 7) is 8.70. The van der Waals surface area contributed by atoms with Crippen molar-refractivity contribution in [3.8, 4) is 0 Å². The van der Waals surface area contributed by atoms with Gasteiger partial charge in [-0.3, -0.25) is 0 Å². The van der Waals surface area contributed by atoms with E-state index in [-0.39, 0.29) is 5.41 Å². The molecule has 3 nitrogen and oxygen atoms in total. The maximum atomic E-state index is 4.69. The number of nitrogens with zero attached hydrogens (tertiary/aromatic N) is 1. The van der Waals surface area contributed by atoms with Crippen LogP contribution in [0.15, 0.2) is 0 Å². The molecule has 0 saturated carbocycles. The lowest BCUT2D eigenvalue weighted by Crippen LogP contribution is -2.26. The largest absolute Gasteiger partial charge is 0.345 e. The lowest BCUT2D eigenvalue weighted by Gasteiger charge is -2.19. The van der Waals surface area contributed by atoms with Crippen LogP contribution in [0.1, 0.15) is 37.5 Å². The fourth-order valence-corrected chi connectivity index (χ4v) is 2.15. The van der Waals surface area contributed by atoms with Crippen molar-refractivity contribution in [1.29, 1.82) is 0 Å². The van der Waals surface area contributed by atoms with Gasteiger partial charge in [-0.1, -0.05) is 13.8 Å². The van der Waals surface area contributed by atoms with Crippen molar-refractivity contribution < 1.29 is 0 Å². The molecule has 14 heavy (non-hydrogen) atoms. The Balaban J connectivity index is 2.31.